The van der Waals surface area contributed by atoms with Crippen molar-refractivity contribution in [1.29, 1.82) is 0 Å². The van der Waals surface area contributed by atoms with Crippen LogP contribution >= 0.6 is 0 Å². The van der Waals surface area contributed by atoms with E-state index < -0.39 is 15.9 Å². The van der Waals surface area contributed by atoms with Crippen LogP contribution in [0.5, 0.6) is 0 Å². The van der Waals surface area contributed by atoms with E-state index in [0.717, 1.165) is 18.4 Å². The number of benzene rings is 1. The van der Waals surface area contributed by atoms with Crippen molar-refractivity contribution < 1.29 is 18.0 Å². The number of nitrogens with zero attached hydrogens (tertiary/aromatic N) is 2. The van der Waals surface area contributed by atoms with Crippen molar-refractivity contribution in [2.45, 2.75) is 44.2 Å². The van der Waals surface area contributed by atoms with Crippen molar-refractivity contribution in [1.82, 2.24) is 10.3 Å². The van der Waals surface area contributed by atoms with Crippen LogP contribution < -0.4 is 5.32 Å². The van der Waals surface area contributed by atoms with Crippen molar-refractivity contribution in [2.24, 2.45) is 11.0 Å². The van der Waals surface area contributed by atoms with Gasteiger partial charge in [-0.1, -0.05) is 30.3 Å². The average molecular weight is 389 g/mol. The van der Waals surface area contributed by atoms with Crippen LogP contribution in [0.15, 0.2) is 35.4 Å². The molecule has 0 spiro atoms. The topological polar surface area (TPSA) is 95.9 Å². The Morgan fingerprint density at radius 1 is 1.15 bits per heavy atom. The lowest BCUT2D eigenvalue weighted by atomic mass is 10.0. The Morgan fingerprint density at radius 2 is 1.89 bits per heavy atom. The first kappa shape index (κ1) is 18.2. The fourth-order valence-electron chi connectivity index (χ4n) is 3.78. The van der Waals surface area contributed by atoms with Gasteiger partial charge in [0.05, 0.1) is 23.6 Å². The fourth-order valence-corrected chi connectivity index (χ4v) is 5.47. The molecule has 2 amide bonds. The monoisotopic (exact) mass is 389 g/mol. The zero-order chi connectivity index (χ0) is 19.0. The maximum atomic E-state index is 12.8. The van der Waals surface area contributed by atoms with Gasteiger partial charge in [-0.15, -0.1) is 0 Å². The first-order chi connectivity index (χ1) is 12.9. The molecule has 1 saturated carbocycles. The number of rotatable bonds is 5. The van der Waals surface area contributed by atoms with Crippen LogP contribution in [0.1, 0.15) is 43.7 Å². The third-order valence-corrected chi connectivity index (χ3v) is 7.17. The number of hydrogen-bond acceptors (Lipinski definition) is 5. The summed E-state index contributed by atoms with van der Waals surface area (Å²) in [5.74, 6) is -0.0647. The molecule has 2 unspecified atom stereocenters. The van der Waals surface area contributed by atoms with Crippen LogP contribution in [0.4, 0.5) is 0 Å². The highest BCUT2D eigenvalue weighted by molar-refractivity contribution is 7.91. The molecule has 2 atom stereocenters. The summed E-state index contributed by atoms with van der Waals surface area (Å²) in [4.78, 5) is 25.0. The Bertz CT molecular complexity index is 877. The number of sulfone groups is 1. The Labute approximate surface area is 158 Å². The minimum absolute atomic E-state index is 0.0562. The SMILES string of the molecule is O=C(NC(c1ccccc1)C1CC1)C1=NN(C2CCS(=O)(=O)C2)C(=O)CC1. The van der Waals surface area contributed by atoms with Crippen LogP contribution in [-0.2, 0) is 19.4 Å². The predicted molar refractivity (Wildman–Crippen MR) is 101 cm³/mol. The number of hydrazone groups is 1. The molecule has 4 rings (SSSR count). The molecule has 144 valence electrons. The molecular weight excluding hydrogens is 366 g/mol. The molecule has 27 heavy (non-hydrogen) atoms. The molecule has 1 aromatic rings. The van der Waals surface area contributed by atoms with E-state index in [2.05, 4.69) is 10.4 Å². The molecule has 7 nitrogen and oxygen atoms in total. The summed E-state index contributed by atoms with van der Waals surface area (Å²) in [6.07, 6.45) is 3.00. The predicted octanol–water partition coefficient (Wildman–Crippen LogP) is 1.42. The number of nitrogens with one attached hydrogen (secondary N) is 1. The highest BCUT2D eigenvalue weighted by Gasteiger charge is 2.38. The molecular formula is C19H23N3O4S. The van der Waals surface area contributed by atoms with Crippen LogP contribution in [0.3, 0.4) is 0 Å². The first-order valence-electron chi connectivity index (χ1n) is 9.39. The molecule has 0 radical (unpaired) electrons. The van der Waals surface area contributed by atoms with Crippen LogP contribution in [0.25, 0.3) is 0 Å². The van der Waals surface area contributed by atoms with Gasteiger partial charge in [0.25, 0.3) is 5.91 Å². The summed E-state index contributed by atoms with van der Waals surface area (Å²) in [6.45, 7) is 0. The number of carbonyl (C=O) groups excluding carboxylic acids is 2. The van der Waals surface area contributed by atoms with Gasteiger partial charge in [-0.3, -0.25) is 9.59 Å². The second kappa shape index (κ2) is 7.07. The quantitative estimate of drug-likeness (QED) is 0.824. The zero-order valence-corrected chi connectivity index (χ0v) is 15.8. The van der Waals surface area contributed by atoms with Gasteiger partial charge in [0, 0.05) is 12.8 Å². The normalized spacial score (nSPS) is 25.8. The van der Waals surface area contributed by atoms with E-state index in [1.54, 1.807) is 0 Å². The van der Waals surface area contributed by atoms with E-state index in [9.17, 15) is 18.0 Å². The van der Waals surface area contributed by atoms with Gasteiger partial charge in [0.15, 0.2) is 9.84 Å². The standard InChI is InChI=1S/C19H23N3O4S/c23-17-9-8-16(21-22(17)15-10-11-27(25,26)12-15)19(24)20-18(14-6-7-14)13-4-2-1-3-5-13/h1-5,14-15,18H,6-12H2,(H,20,24). The third kappa shape index (κ3) is 4.05. The first-order valence-corrected chi connectivity index (χ1v) is 11.2. The van der Waals surface area contributed by atoms with E-state index in [-0.39, 0.29) is 42.2 Å². The molecule has 3 aliphatic rings. The number of hydrogen-bond donors (Lipinski definition) is 1. The van der Waals surface area contributed by atoms with Crippen molar-refractivity contribution in [3.05, 3.63) is 35.9 Å². The fraction of sp³-hybridized carbons (Fsp3) is 0.526. The van der Waals surface area contributed by atoms with Gasteiger partial charge >= 0.3 is 0 Å². The largest absolute Gasteiger partial charge is 0.344 e. The van der Waals surface area contributed by atoms with E-state index in [1.165, 1.54) is 5.01 Å². The lowest BCUT2D eigenvalue weighted by molar-refractivity contribution is -0.133. The van der Waals surface area contributed by atoms with E-state index in [4.69, 9.17) is 0 Å². The highest BCUT2D eigenvalue weighted by Crippen LogP contribution is 2.41. The summed E-state index contributed by atoms with van der Waals surface area (Å²) >= 11 is 0. The van der Waals surface area contributed by atoms with Crippen LogP contribution in [-0.4, -0.2) is 48.5 Å². The molecule has 1 aliphatic carbocycles. The molecule has 8 heteroatoms. The molecule has 1 aromatic carbocycles. The van der Waals surface area contributed by atoms with Crippen molar-refractivity contribution in [2.75, 3.05) is 11.5 Å². The molecule has 1 saturated heterocycles. The molecule has 2 heterocycles. The van der Waals surface area contributed by atoms with Gasteiger partial charge in [0.2, 0.25) is 5.91 Å². The Hall–Kier alpha value is -2.22. The van der Waals surface area contributed by atoms with E-state index in [1.807, 2.05) is 30.3 Å². The van der Waals surface area contributed by atoms with E-state index in [0.29, 0.717) is 18.1 Å². The maximum Gasteiger partial charge on any atom is 0.267 e. The van der Waals surface area contributed by atoms with Crippen LogP contribution in [0, 0.1) is 5.92 Å². The highest BCUT2D eigenvalue weighted by atomic mass is 32.2. The Balaban J connectivity index is 1.50. The molecule has 1 N–H and O–H groups in total. The van der Waals surface area contributed by atoms with Gasteiger partial charge in [-0.05, 0) is 30.7 Å². The maximum absolute atomic E-state index is 12.8. The summed E-state index contributed by atoms with van der Waals surface area (Å²) in [7, 11) is -3.13. The molecule has 0 bridgehead atoms. The molecule has 2 fully saturated rings. The number of carbonyl (C=O) groups is 2. The van der Waals surface area contributed by atoms with Crippen LogP contribution in [0.2, 0.25) is 0 Å². The Kier molecular flexibility index (Phi) is 4.75. The van der Waals surface area contributed by atoms with E-state index >= 15 is 0 Å². The minimum atomic E-state index is -3.13. The van der Waals surface area contributed by atoms with Gasteiger partial charge < -0.3 is 5.32 Å². The Morgan fingerprint density at radius 3 is 2.52 bits per heavy atom. The summed E-state index contributed by atoms with van der Waals surface area (Å²) in [5.41, 5.74) is 1.38. The average Bonchev–Trinajstić information content (AvgIpc) is 3.43. The van der Waals surface area contributed by atoms with Crippen molar-refractivity contribution in [3.8, 4) is 0 Å². The molecule has 2 aliphatic heterocycles. The third-order valence-electron chi connectivity index (χ3n) is 5.41. The minimum Gasteiger partial charge on any atom is -0.344 e. The van der Waals surface area contributed by atoms with Gasteiger partial charge in [-0.2, -0.15) is 5.10 Å². The lowest BCUT2D eigenvalue weighted by Gasteiger charge is -2.28. The van der Waals surface area contributed by atoms with Crippen molar-refractivity contribution in [3.63, 3.8) is 0 Å². The molecule has 0 aromatic heterocycles. The summed E-state index contributed by atoms with van der Waals surface area (Å²) < 4.78 is 23.4. The lowest BCUT2D eigenvalue weighted by Crippen LogP contribution is -2.44. The van der Waals surface area contributed by atoms with Gasteiger partial charge in [0.1, 0.15) is 5.71 Å². The number of amides is 2. The summed E-state index contributed by atoms with van der Waals surface area (Å²) in [6, 6.07) is 9.35. The second-order valence-corrected chi connectivity index (χ2v) is 9.77. The second-order valence-electron chi connectivity index (χ2n) is 7.54. The smallest absolute Gasteiger partial charge is 0.267 e. The van der Waals surface area contributed by atoms with Crippen molar-refractivity contribution >= 4 is 27.4 Å². The zero-order valence-electron chi connectivity index (χ0n) is 15.0. The van der Waals surface area contributed by atoms with Gasteiger partial charge in [-0.25, -0.2) is 13.4 Å². The summed E-state index contributed by atoms with van der Waals surface area (Å²) in [5, 5.41) is 8.58.